The minimum atomic E-state index is -1.45. The molecule has 10 heteroatoms. The first kappa shape index (κ1) is 39.2. The second kappa shape index (κ2) is 15.2. The number of carbonyl (C=O) groups is 4. The van der Waals surface area contributed by atoms with Gasteiger partial charge in [0.25, 0.3) is 0 Å². The number of rotatable bonds is 8. The van der Waals surface area contributed by atoms with Gasteiger partial charge >= 0.3 is 0 Å². The standard InChI is InChI=1S/C52H41ClN2O7/c1-61-36-21-26-45(62-2)31(27-36)18-15-30-16-19-34(20-17-30)54-48(57)41-23-22-40-42(46(41)50(54)59)29-43-49(58)55(35-12-8-11-33(53)28-35)51(60)52(43,32-9-4-3-5-10-32)47(40)39-24-25-44(56)38-14-7-6-13-37(38)39/h3-22,24-28,41-43,46-47,56H,23,29H2,1-2H3. The van der Waals surface area contributed by atoms with Gasteiger partial charge in [-0.25, -0.2) is 4.90 Å². The van der Waals surface area contributed by atoms with E-state index >= 15 is 9.59 Å². The number of imide groups is 2. The van der Waals surface area contributed by atoms with Crippen molar-refractivity contribution in [2.45, 2.75) is 24.2 Å². The molecular formula is C52H41ClN2O7. The van der Waals surface area contributed by atoms with Gasteiger partial charge in [-0.2, -0.15) is 0 Å². The van der Waals surface area contributed by atoms with Crippen LogP contribution in [0.5, 0.6) is 17.2 Å². The Hall–Kier alpha value is -6.97. The Morgan fingerprint density at radius 2 is 1.45 bits per heavy atom. The van der Waals surface area contributed by atoms with E-state index in [1.807, 2.05) is 109 Å². The molecule has 6 atom stereocenters. The minimum Gasteiger partial charge on any atom is -0.507 e. The number of methoxy groups -OCH3 is 2. The number of amides is 4. The fourth-order valence-corrected chi connectivity index (χ4v) is 11.0. The summed E-state index contributed by atoms with van der Waals surface area (Å²) in [4.78, 5) is 62.9. The van der Waals surface area contributed by atoms with Crippen molar-refractivity contribution in [3.05, 3.63) is 172 Å². The summed E-state index contributed by atoms with van der Waals surface area (Å²) in [5, 5.41) is 12.8. The Labute approximate surface area is 363 Å². The number of ether oxygens (including phenoxy) is 2. The summed E-state index contributed by atoms with van der Waals surface area (Å²) in [5.41, 5.74) is 3.31. The summed E-state index contributed by atoms with van der Waals surface area (Å²) >= 11 is 6.49. The van der Waals surface area contributed by atoms with Crippen molar-refractivity contribution in [2.24, 2.45) is 23.7 Å². The largest absolute Gasteiger partial charge is 0.507 e. The number of hydrogen-bond donors (Lipinski definition) is 1. The van der Waals surface area contributed by atoms with Gasteiger partial charge < -0.3 is 14.6 Å². The summed E-state index contributed by atoms with van der Waals surface area (Å²) < 4.78 is 10.9. The molecule has 2 aliphatic carbocycles. The fourth-order valence-electron chi connectivity index (χ4n) is 10.8. The van der Waals surface area contributed by atoms with E-state index < -0.39 is 35.0 Å². The van der Waals surface area contributed by atoms with E-state index in [-0.39, 0.29) is 42.2 Å². The van der Waals surface area contributed by atoms with E-state index in [4.69, 9.17) is 21.1 Å². The number of allylic oxidation sites excluding steroid dienone is 2. The second-order valence-corrected chi connectivity index (χ2v) is 16.8. The van der Waals surface area contributed by atoms with Crippen molar-refractivity contribution in [2.75, 3.05) is 24.0 Å². The number of benzene rings is 6. The lowest BCUT2D eigenvalue weighted by molar-refractivity contribution is -0.127. The van der Waals surface area contributed by atoms with Crippen LogP contribution in [-0.4, -0.2) is 43.0 Å². The molecule has 6 aromatic carbocycles. The Balaban J connectivity index is 1.08. The number of halogens is 1. The molecule has 308 valence electrons. The highest BCUT2D eigenvalue weighted by atomic mass is 35.5. The van der Waals surface area contributed by atoms with E-state index in [0.29, 0.717) is 38.8 Å². The highest BCUT2D eigenvalue weighted by molar-refractivity contribution is 6.32. The summed E-state index contributed by atoms with van der Waals surface area (Å²) in [7, 11) is 3.21. The third-order valence-electron chi connectivity index (χ3n) is 13.5. The predicted octanol–water partition coefficient (Wildman–Crippen LogP) is 9.75. The number of hydrogen-bond acceptors (Lipinski definition) is 7. The van der Waals surface area contributed by atoms with Crippen LogP contribution in [0.15, 0.2) is 145 Å². The zero-order valence-corrected chi connectivity index (χ0v) is 34.7. The smallest absolute Gasteiger partial charge is 0.246 e. The fraction of sp³-hybridized carbons (Fsp3) is 0.192. The minimum absolute atomic E-state index is 0.0860. The summed E-state index contributed by atoms with van der Waals surface area (Å²) in [6, 6.07) is 39.9. The van der Waals surface area contributed by atoms with Gasteiger partial charge in [-0.15, -0.1) is 0 Å². The lowest BCUT2D eigenvalue weighted by atomic mass is 9.49. The molecule has 6 unspecified atom stereocenters. The van der Waals surface area contributed by atoms with Gasteiger partial charge in [0.05, 0.1) is 48.8 Å². The molecule has 2 heterocycles. The van der Waals surface area contributed by atoms with Crippen LogP contribution in [0.3, 0.4) is 0 Å². The summed E-state index contributed by atoms with van der Waals surface area (Å²) in [6.45, 7) is 0. The first-order chi connectivity index (χ1) is 30.1. The molecule has 0 bridgehead atoms. The quantitative estimate of drug-likeness (QED) is 0.0923. The molecule has 6 aromatic rings. The van der Waals surface area contributed by atoms with Crippen LogP contribution in [0.4, 0.5) is 11.4 Å². The predicted molar refractivity (Wildman–Crippen MR) is 239 cm³/mol. The van der Waals surface area contributed by atoms with E-state index in [1.54, 1.807) is 56.7 Å². The molecule has 9 nitrogen and oxygen atoms in total. The molecule has 2 aliphatic heterocycles. The van der Waals surface area contributed by atoms with Crippen molar-refractivity contribution in [3.8, 4) is 17.2 Å². The Morgan fingerprint density at radius 1 is 0.694 bits per heavy atom. The first-order valence-electron chi connectivity index (χ1n) is 20.6. The van der Waals surface area contributed by atoms with Crippen molar-refractivity contribution >= 4 is 69.5 Å². The van der Waals surface area contributed by atoms with Crippen molar-refractivity contribution < 1.29 is 33.8 Å². The third-order valence-corrected chi connectivity index (χ3v) is 13.7. The van der Waals surface area contributed by atoms with Crippen molar-refractivity contribution in [1.29, 1.82) is 0 Å². The van der Waals surface area contributed by atoms with Gasteiger partial charge in [0, 0.05) is 21.9 Å². The topological polar surface area (TPSA) is 113 Å². The van der Waals surface area contributed by atoms with E-state index in [2.05, 4.69) is 0 Å². The molecule has 3 fully saturated rings. The van der Waals surface area contributed by atoms with Gasteiger partial charge in [0.15, 0.2) is 0 Å². The molecule has 0 spiro atoms. The van der Waals surface area contributed by atoms with E-state index in [9.17, 15) is 14.7 Å². The summed E-state index contributed by atoms with van der Waals surface area (Å²) in [5.74, 6) is -3.57. The Kier molecular flexibility index (Phi) is 9.60. The highest BCUT2D eigenvalue weighted by Crippen LogP contribution is 2.65. The Morgan fingerprint density at radius 3 is 2.19 bits per heavy atom. The third kappa shape index (κ3) is 5.90. The highest BCUT2D eigenvalue weighted by Gasteiger charge is 2.70. The molecule has 1 N–H and O–H groups in total. The van der Waals surface area contributed by atoms with Gasteiger partial charge in [-0.3, -0.25) is 24.1 Å². The maximum Gasteiger partial charge on any atom is 0.246 e. The lowest BCUT2D eigenvalue weighted by Gasteiger charge is -2.51. The van der Waals surface area contributed by atoms with E-state index in [1.165, 1.54) is 9.80 Å². The molecule has 4 aliphatic rings. The number of phenolic OH excluding ortho intramolecular Hbond substituents is 1. The van der Waals surface area contributed by atoms with Crippen molar-refractivity contribution in [3.63, 3.8) is 0 Å². The van der Waals surface area contributed by atoms with Gasteiger partial charge in [-0.1, -0.05) is 114 Å². The number of carbonyl (C=O) groups excluding carboxylic acids is 4. The van der Waals surface area contributed by atoms with Crippen LogP contribution in [0, 0.1) is 23.7 Å². The molecule has 2 saturated heterocycles. The monoisotopic (exact) mass is 840 g/mol. The maximum atomic E-state index is 15.7. The van der Waals surface area contributed by atoms with Crippen LogP contribution in [-0.2, 0) is 24.6 Å². The van der Waals surface area contributed by atoms with Gasteiger partial charge in [0.2, 0.25) is 23.6 Å². The number of nitrogens with zero attached hydrogens (tertiary/aromatic N) is 2. The number of phenols is 1. The number of fused-ring (bicyclic) bond motifs is 5. The lowest BCUT2D eigenvalue weighted by Crippen LogP contribution is -2.53. The van der Waals surface area contributed by atoms with Gasteiger partial charge in [-0.05, 0) is 95.4 Å². The number of aromatic hydroxyl groups is 1. The van der Waals surface area contributed by atoms with Crippen LogP contribution >= 0.6 is 11.6 Å². The summed E-state index contributed by atoms with van der Waals surface area (Å²) in [6.07, 6.45) is 6.34. The average Bonchev–Trinajstić information content (AvgIpc) is 3.69. The molecule has 0 aromatic heterocycles. The molecular weight excluding hydrogens is 800 g/mol. The van der Waals surface area contributed by atoms with Gasteiger partial charge in [0.1, 0.15) is 17.2 Å². The van der Waals surface area contributed by atoms with Crippen LogP contribution in [0.2, 0.25) is 5.02 Å². The first-order valence-corrected chi connectivity index (χ1v) is 21.0. The Bertz CT molecular complexity index is 2890. The normalized spacial score (nSPS) is 24.3. The zero-order chi connectivity index (χ0) is 42.9. The second-order valence-electron chi connectivity index (χ2n) is 16.4. The zero-order valence-electron chi connectivity index (χ0n) is 33.9. The molecule has 62 heavy (non-hydrogen) atoms. The van der Waals surface area contributed by atoms with Crippen molar-refractivity contribution in [1.82, 2.24) is 0 Å². The molecule has 1 saturated carbocycles. The maximum absolute atomic E-state index is 15.7. The van der Waals surface area contributed by atoms with Crippen LogP contribution < -0.4 is 19.3 Å². The number of anilines is 2. The van der Waals surface area contributed by atoms with Crippen LogP contribution in [0.25, 0.3) is 22.9 Å². The SMILES string of the molecule is COc1ccc(OC)c(C=Cc2ccc(N3C(=O)C4CC=C5C(CC6C(=O)N(c7cccc(Cl)c7)C(=O)C6(c6ccccc6)C5c5ccc(O)c6ccccc56)C4C3=O)cc2)c1. The van der Waals surface area contributed by atoms with E-state index in [0.717, 1.165) is 27.6 Å². The molecule has 4 amide bonds. The molecule has 10 rings (SSSR count). The molecule has 0 radical (unpaired) electrons. The average molecular weight is 841 g/mol. The van der Waals surface area contributed by atoms with Crippen LogP contribution in [0.1, 0.15) is 41.0 Å².